The number of pyridine rings is 1. The molecule has 30 heavy (non-hydrogen) atoms. The van der Waals surface area contributed by atoms with Crippen LogP contribution in [0.4, 0.5) is 0 Å². The minimum atomic E-state index is -0.688. The maximum Gasteiger partial charge on any atom is 0.296 e. The standard InChI is InChI=1S/C23H17N3O3S/c27-21(16-12-25-17-8-2-1-7-15(16)17)19-20(18-9-5-11-30-18)26(23(29)22(19)28)13-14-6-3-4-10-24-14/h1-12,20,25,27H,13H2/b21-19-. The lowest BCUT2D eigenvalue weighted by Gasteiger charge is -2.23. The lowest BCUT2D eigenvalue weighted by Crippen LogP contribution is -2.29. The van der Waals surface area contributed by atoms with Gasteiger partial charge in [-0.3, -0.25) is 14.6 Å². The van der Waals surface area contributed by atoms with E-state index in [2.05, 4.69) is 9.97 Å². The van der Waals surface area contributed by atoms with Gasteiger partial charge < -0.3 is 15.0 Å². The van der Waals surface area contributed by atoms with Gasteiger partial charge >= 0.3 is 0 Å². The summed E-state index contributed by atoms with van der Waals surface area (Å²) in [6.45, 7) is 0.179. The Balaban J connectivity index is 1.67. The van der Waals surface area contributed by atoms with Crippen LogP contribution < -0.4 is 0 Å². The van der Waals surface area contributed by atoms with E-state index in [1.165, 1.54) is 16.2 Å². The Morgan fingerprint density at radius 3 is 2.70 bits per heavy atom. The number of aromatic nitrogens is 2. The number of nitrogens with one attached hydrogen (secondary N) is 1. The van der Waals surface area contributed by atoms with E-state index in [1.54, 1.807) is 18.5 Å². The van der Waals surface area contributed by atoms with E-state index in [9.17, 15) is 14.7 Å². The van der Waals surface area contributed by atoms with Gasteiger partial charge in [0, 0.05) is 33.7 Å². The van der Waals surface area contributed by atoms with E-state index in [4.69, 9.17) is 0 Å². The summed E-state index contributed by atoms with van der Waals surface area (Å²) in [6, 6.07) is 16.0. The van der Waals surface area contributed by atoms with Gasteiger partial charge in [0.2, 0.25) is 0 Å². The van der Waals surface area contributed by atoms with Gasteiger partial charge in [0.05, 0.1) is 17.8 Å². The molecule has 1 amide bonds. The third kappa shape index (κ3) is 2.91. The van der Waals surface area contributed by atoms with Crippen LogP contribution in [0.1, 0.15) is 22.2 Å². The van der Waals surface area contributed by atoms with E-state index in [0.29, 0.717) is 11.3 Å². The average Bonchev–Trinajstić information content (AvgIpc) is 3.49. The number of hydrogen-bond acceptors (Lipinski definition) is 5. The van der Waals surface area contributed by atoms with E-state index < -0.39 is 17.7 Å². The number of aliphatic hydroxyl groups is 1. The lowest BCUT2D eigenvalue weighted by atomic mass is 9.99. The number of rotatable bonds is 4. The highest BCUT2D eigenvalue weighted by Gasteiger charge is 2.46. The summed E-state index contributed by atoms with van der Waals surface area (Å²) in [4.78, 5) is 35.7. The number of carbonyl (C=O) groups excluding carboxylic acids is 2. The van der Waals surface area contributed by atoms with Crippen molar-refractivity contribution in [2.24, 2.45) is 0 Å². The molecule has 6 nitrogen and oxygen atoms in total. The molecule has 1 aliphatic rings. The smallest absolute Gasteiger partial charge is 0.296 e. The largest absolute Gasteiger partial charge is 0.507 e. The normalized spacial score (nSPS) is 18.4. The van der Waals surface area contributed by atoms with Crippen LogP contribution in [0.15, 0.2) is 77.9 Å². The molecule has 1 fully saturated rings. The van der Waals surface area contributed by atoms with Gasteiger partial charge in [0.1, 0.15) is 11.8 Å². The highest BCUT2D eigenvalue weighted by atomic mass is 32.1. The fourth-order valence-corrected chi connectivity index (χ4v) is 4.71. The minimum absolute atomic E-state index is 0.100. The van der Waals surface area contributed by atoms with Gasteiger partial charge in [-0.1, -0.05) is 30.3 Å². The van der Waals surface area contributed by atoms with Gasteiger partial charge in [0.25, 0.3) is 11.7 Å². The SMILES string of the molecule is O=C1C(=O)N(Cc2ccccn2)C(c2cccs2)/C1=C(/O)c1c[nH]c2ccccc12. The highest BCUT2D eigenvalue weighted by Crippen LogP contribution is 2.42. The molecule has 2 N–H and O–H groups in total. The quantitative estimate of drug-likeness (QED) is 0.296. The third-order valence-corrected chi connectivity index (χ3v) is 6.18. The molecule has 1 aliphatic heterocycles. The molecule has 4 heterocycles. The number of thiophene rings is 1. The molecule has 0 spiro atoms. The first-order valence-corrected chi connectivity index (χ1v) is 10.3. The Morgan fingerprint density at radius 2 is 1.93 bits per heavy atom. The van der Waals surface area contributed by atoms with Crippen LogP contribution in [0.5, 0.6) is 0 Å². The van der Waals surface area contributed by atoms with Crippen LogP contribution in [0.3, 0.4) is 0 Å². The number of para-hydroxylation sites is 1. The predicted molar refractivity (Wildman–Crippen MR) is 115 cm³/mol. The average molecular weight is 415 g/mol. The van der Waals surface area contributed by atoms with E-state index in [-0.39, 0.29) is 17.9 Å². The molecule has 1 unspecified atom stereocenters. The topological polar surface area (TPSA) is 86.3 Å². The number of likely N-dealkylation sites (tertiary alicyclic amines) is 1. The second kappa shape index (κ2) is 7.27. The summed E-state index contributed by atoms with van der Waals surface area (Å²) >= 11 is 1.44. The monoisotopic (exact) mass is 415 g/mol. The summed E-state index contributed by atoms with van der Waals surface area (Å²) in [6.07, 6.45) is 3.32. The van der Waals surface area contributed by atoms with Crippen LogP contribution in [0.25, 0.3) is 16.7 Å². The van der Waals surface area contributed by atoms with Crippen LogP contribution in [-0.4, -0.2) is 31.7 Å². The van der Waals surface area contributed by atoms with Crippen LogP contribution in [-0.2, 0) is 16.1 Å². The van der Waals surface area contributed by atoms with Crippen molar-refractivity contribution in [2.75, 3.05) is 0 Å². The summed E-state index contributed by atoms with van der Waals surface area (Å²) in [7, 11) is 0. The Kier molecular flexibility index (Phi) is 4.44. The predicted octanol–water partition coefficient (Wildman–Crippen LogP) is 4.25. The minimum Gasteiger partial charge on any atom is -0.507 e. The second-order valence-corrected chi connectivity index (χ2v) is 7.99. The zero-order valence-electron chi connectivity index (χ0n) is 15.8. The number of aliphatic hydroxyl groups excluding tert-OH is 1. The molecule has 1 atom stereocenters. The fourth-order valence-electron chi connectivity index (χ4n) is 3.86. The number of benzene rings is 1. The molecule has 148 valence electrons. The lowest BCUT2D eigenvalue weighted by molar-refractivity contribution is -0.140. The third-order valence-electron chi connectivity index (χ3n) is 5.26. The van der Waals surface area contributed by atoms with Crippen molar-refractivity contribution in [3.8, 4) is 0 Å². The molecular weight excluding hydrogens is 398 g/mol. The van der Waals surface area contributed by atoms with Crippen molar-refractivity contribution in [2.45, 2.75) is 12.6 Å². The van der Waals surface area contributed by atoms with E-state index in [1.807, 2.05) is 53.9 Å². The first-order valence-electron chi connectivity index (χ1n) is 9.43. The molecule has 4 aromatic rings. The molecule has 0 bridgehead atoms. The van der Waals surface area contributed by atoms with Crippen molar-refractivity contribution in [3.05, 3.63) is 94.1 Å². The first kappa shape index (κ1) is 18.3. The number of nitrogens with zero attached hydrogens (tertiary/aromatic N) is 2. The summed E-state index contributed by atoms with van der Waals surface area (Å²) in [5.74, 6) is -1.50. The van der Waals surface area contributed by atoms with Gasteiger partial charge in [-0.05, 0) is 29.6 Å². The Morgan fingerprint density at radius 1 is 1.10 bits per heavy atom. The molecule has 0 aliphatic carbocycles. The molecule has 3 aromatic heterocycles. The summed E-state index contributed by atoms with van der Waals surface area (Å²) < 4.78 is 0. The Labute approximate surface area is 176 Å². The number of aromatic amines is 1. The first-order chi connectivity index (χ1) is 14.6. The molecule has 5 rings (SSSR count). The maximum absolute atomic E-state index is 13.0. The van der Waals surface area contributed by atoms with Gasteiger partial charge in [-0.15, -0.1) is 11.3 Å². The van der Waals surface area contributed by atoms with E-state index in [0.717, 1.165) is 15.8 Å². The summed E-state index contributed by atoms with van der Waals surface area (Å²) in [5, 5.41) is 13.9. The van der Waals surface area contributed by atoms with Crippen molar-refractivity contribution in [3.63, 3.8) is 0 Å². The number of H-pyrrole nitrogens is 1. The van der Waals surface area contributed by atoms with Crippen LogP contribution in [0.2, 0.25) is 0 Å². The maximum atomic E-state index is 13.0. The number of ketones is 1. The van der Waals surface area contributed by atoms with Crippen molar-refractivity contribution in [1.29, 1.82) is 0 Å². The molecule has 1 saturated heterocycles. The van der Waals surface area contributed by atoms with Crippen molar-refractivity contribution in [1.82, 2.24) is 14.9 Å². The van der Waals surface area contributed by atoms with E-state index >= 15 is 0 Å². The zero-order valence-corrected chi connectivity index (χ0v) is 16.6. The number of Topliss-reactive ketones (excluding diaryl/α,β-unsaturated/α-hetero) is 1. The van der Waals surface area contributed by atoms with Crippen molar-refractivity contribution < 1.29 is 14.7 Å². The van der Waals surface area contributed by atoms with Gasteiger partial charge in [-0.2, -0.15) is 0 Å². The summed E-state index contributed by atoms with van der Waals surface area (Å²) in [5.41, 5.74) is 2.12. The van der Waals surface area contributed by atoms with Crippen LogP contribution >= 0.6 is 11.3 Å². The van der Waals surface area contributed by atoms with Gasteiger partial charge in [-0.25, -0.2) is 0 Å². The molecule has 0 saturated carbocycles. The molecule has 0 radical (unpaired) electrons. The van der Waals surface area contributed by atoms with Crippen LogP contribution in [0, 0.1) is 0 Å². The number of fused-ring (bicyclic) bond motifs is 1. The molecular formula is C23H17N3O3S. The highest BCUT2D eigenvalue weighted by molar-refractivity contribution is 7.10. The Hall–Kier alpha value is -3.71. The Bertz CT molecular complexity index is 1280. The number of hydrogen-bond donors (Lipinski definition) is 2. The fraction of sp³-hybridized carbons (Fsp3) is 0.0870. The number of carbonyl (C=O) groups is 2. The number of amides is 1. The second-order valence-electron chi connectivity index (χ2n) is 7.01. The molecule has 7 heteroatoms. The molecule has 1 aromatic carbocycles. The van der Waals surface area contributed by atoms with Gasteiger partial charge in [0.15, 0.2) is 0 Å². The zero-order chi connectivity index (χ0) is 20.7. The van der Waals surface area contributed by atoms with Crippen molar-refractivity contribution >= 4 is 39.7 Å².